The second-order valence-corrected chi connectivity index (χ2v) is 9.96. The summed E-state index contributed by atoms with van der Waals surface area (Å²) in [7, 11) is 1.62. The van der Waals surface area contributed by atoms with Gasteiger partial charge in [0, 0.05) is 55.9 Å². The van der Waals surface area contributed by atoms with E-state index in [2.05, 4.69) is 30.4 Å². The molecular weight excluding hydrogens is 495 g/mol. The van der Waals surface area contributed by atoms with Crippen molar-refractivity contribution < 1.29 is 13.9 Å². The van der Waals surface area contributed by atoms with Gasteiger partial charge in [0.1, 0.15) is 18.0 Å². The van der Waals surface area contributed by atoms with E-state index >= 15 is 0 Å². The number of methoxy groups -OCH3 is 1. The lowest BCUT2D eigenvalue weighted by molar-refractivity contribution is 0.0950. The smallest absolute Gasteiger partial charge is 0.162 e. The molecule has 2 saturated heterocycles. The molecule has 10 heteroatoms. The number of nitrogens with one attached hydrogen (secondary N) is 2. The van der Waals surface area contributed by atoms with Crippen molar-refractivity contribution in [1.29, 1.82) is 0 Å². The average molecular weight is 529 g/mol. The van der Waals surface area contributed by atoms with Gasteiger partial charge in [-0.05, 0) is 56.6 Å². The van der Waals surface area contributed by atoms with Gasteiger partial charge in [0.2, 0.25) is 0 Å². The molecule has 0 aliphatic carbocycles. The van der Waals surface area contributed by atoms with Crippen molar-refractivity contribution in [3.8, 4) is 11.5 Å². The quantitative estimate of drug-likeness (QED) is 0.398. The molecule has 3 heterocycles. The maximum absolute atomic E-state index is 13.6. The summed E-state index contributed by atoms with van der Waals surface area (Å²) in [5.41, 5.74) is 1.34. The number of hydrogen-bond acceptors (Lipinski definition) is 8. The number of anilines is 2. The first kappa shape index (κ1) is 25.9. The number of ether oxygens (including phenoxy) is 2. The summed E-state index contributed by atoms with van der Waals surface area (Å²) >= 11 is 5.94. The van der Waals surface area contributed by atoms with E-state index in [1.54, 1.807) is 13.2 Å². The minimum Gasteiger partial charge on any atom is -0.493 e. The highest BCUT2D eigenvalue weighted by atomic mass is 35.5. The number of nitrogens with zero attached hydrogens (tertiary/aromatic N) is 4. The van der Waals surface area contributed by atoms with Crippen LogP contribution in [0.2, 0.25) is 5.02 Å². The molecule has 198 valence electrons. The van der Waals surface area contributed by atoms with Gasteiger partial charge in [0.15, 0.2) is 11.5 Å². The van der Waals surface area contributed by atoms with Crippen molar-refractivity contribution in [2.24, 2.45) is 0 Å². The van der Waals surface area contributed by atoms with Crippen LogP contribution < -0.4 is 20.1 Å². The minimum absolute atomic E-state index is 0.0436. The van der Waals surface area contributed by atoms with Crippen molar-refractivity contribution in [2.45, 2.75) is 25.3 Å². The Bertz CT molecular complexity index is 1200. The van der Waals surface area contributed by atoms with Crippen molar-refractivity contribution in [3.05, 3.63) is 47.5 Å². The van der Waals surface area contributed by atoms with Gasteiger partial charge < -0.3 is 25.0 Å². The summed E-state index contributed by atoms with van der Waals surface area (Å²) in [6, 6.07) is 8.92. The molecule has 0 radical (unpaired) electrons. The third kappa shape index (κ3) is 6.41. The predicted octanol–water partition coefficient (Wildman–Crippen LogP) is 4.31. The molecule has 0 unspecified atom stereocenters. The van der Waals surface area contributed by atoms with Crippen LogP contribution in [0.25, 0.3) is 10.9 Å². The van der Waals surface area contributed by atoms with Gasteiger partial charge in [0.25, 0.3) is 0 Å². The Hall–Kier alpha value is -2.72. The van der Waals surface area contributed by atoms with Crippen LogP contribution in [-0.2, 0) is 0 Å². The molecule has 2 aliphatic rings. The first-order valence-corrected chi connectivity index (χ1v) is 13.3. The number of piperazine rings is 1. The highest BCUT2D eigenvalue weighted by molar-refractivity contribution is 6.31. The summed E-state index contributed by atoms with van der Waals surface area (Å²) in [5, 5.41) is 7.46. The summed E-state index contributed by atoms with van der Waals surface area (Å²) in [6.45, 7) is 8.47. The Kier molecular flexibility index (Phi) is 8.55. The van der Waals surface area contributed by atoms with Crippen molar-refractivity contribution >= 4 is 34.0 Å². The number of rotatable bonds is 9. The Labute approximate surface area is 222 Å². The molecule has 37 heavy (non-hydrogen) atoms. The normalized spacial score (nSPS) is 17.7. The molecule has 3 aromatic rings. The van der Waals surface area contributed by atoms with E-state index in [4.69, 9.17) is 21.1 Å². The molecule has 2 N–H and O–H groups in total. The zero-order valence-corrected chi connectivity index (χ0v) is 21.9. The number of likely N-dealkylation sites (tertiary alicyclic amines) is 1. The number of fused-ring (bicyclic) bond motifs is 1. The lowest BCUT2D eigenvalue weighted by Crippen LogP contribution is -2.52. The summed E-state index contributed by atoms with van der Waals surface area (Å²) in [6.07, 6.45) is 4.90. The lowest BCUT2D eigenvalue weighted by atomic mass is 10.0. The molecule has 2 aromatic carbocycles. The molecule has 8 nitrogen and oxygen atoms in total. The number of halogens is 2. The van der Waals surface area contributed by atoms with Crippen molar-refractivity contribution in [2.75, 3.05) is 64.8 Å². The number of benzene rings is 2. The van der Waals surface area contributed by atoms with E-state index < -0.39 is 5.82 Å². The van der Waals surface area contributed by atoms with Crippen LogP contribution in [0.1, 0.15) is 19.3 Å². The number of hydrogen-bond donors (Lipinski definition) is 2. The van der Waals surface area contributed by atoms with Gasteiger partial charge >= 0.3 is 0 Å². The van der Waals surface area contributed by atoms with Crippen LogP contribution in [0, 0.1) is 5.82 Å². The van der Waals surface area contributed by atoms with Crippen LogP contribution in [0.15, 0.2) is 36.7 Å². The van der Waals surface area contributed by atoms with Crippen LogP contribution in [0.3, 0.4) is 0 Å². The minimum atomic E-state index is -0.468. The van der Waals surface area contributed by atoms with E-state index in [9.17, 15) is 4.39 Å². The SMILES string of the molecule is COc1cc2ncnc(Nc3ccc(F)c(Cl)c3)c2cc1OCCCN1CCC(N2CCNCC2)CC1. The second kappa shape index (κ2) is 12.2. The number of piperidine rings is 1. The molecule has 2 fully saturated rings. The largest absolute Gasteiger partial charge is 0.493 e. The van der Waals surface area contributed by atoms with Gasteiger partial charge in [-0.15, -0.1) is 0 Å². The Morgan fingerprint density at radius 1 is 1.08 bits per heavy atom. The maximum atomic E-state index is 13.6. The Balaban J connectivity index is 1.18. The topological polar surface area (TPSA) is 74.8 Å². The molecule has 0 bridgehead atoms. The fourth-order valence-electron chi connectivity index (χ4n) is 5.17. The van der Waals surface area contributed by atoms with Crippen molar-refractivity contribution in [1.82, 2.24) is 25.1 Å². The zero-order valence-electron chi connectivity index (χ0n) is 21.2. The third-order valence-corrected chi connectivity index (χ3v) is 7.49. The van der Waals surface area contributed by atoms with Crippen LogP contribution in [0.4, 0.5) is 15.9 Å². The van der Waals surface area contributed by atoms with Gasteiger partial charge in [-0.1, -0.05) is 11.6 Å². The molecule has 1 aromatic heterocycles. The molecular formula is C27H34ClFN6O2. The van der Waals surface area contributed by atoms with E-state index in [1.165, 1.54) is 44.4 Å². The van der Waals surface area contributed by atoms with Gasteiger partial charge in [-0.2, -0.15) is 0 Å². The van der Waals surface area contributed by atoms with E-state index in [-0.39, 0.29) is 5.02 Å². The van der Waals surface area contributed by atoms with Gasteiger partial charge in [-0.3, -0.25) is 4.90 Å². The fourth-order valence-corrected chi connectivity index (χ4v) is 5.35. The first-order valence-electron chi connectivity index (χ1n) is 13.0. The summed E-state index contributed by atoms with van der Waals surface area (Å²) < 4.78 is 25.3. The van der Waals surface area contributed by atoms with Gasteiger partial charge in [-0.25, -0.2) is 14.4 Å². The average Bonchev–Trinajstić information content (AvgIpc) is 2.94. The fraction of sp³-hybridized carbons (Fsp3) is 0.481. The van der Waals surface area contributed by atoms with Crippen LogP contribution in [0.5, 0.6) is 11.5 Å². The predicted molar refractivity (Wildman–Crippen MR) is 145 cm³/mol. The Morgan fingerprint density at radius 3 is 2.65 bits per heavy atom. The monoisotopic (exact) mass is 528 g/mol. The van der Waals surface area contributed by atoms with Crippen LogP contribution >= 0.6 is 11.6 Å². The third-order valence-electron chi connectivity index (χ3n) is 7.20. The second-order valence-electron chi connectivity index (χ2n) is 9.56. The molecule has 2 aliphatic heterocycles. The first-order chi connectivity index (χ1) is 18.1. The highest BCUT2D eigenvalue weighted by Crippen LogP contribution is 2.35. The van der Waals surface area contributed by atoms with Gasteiger partial charge in [0.05, 0.1) is 24.3 Å². The number of aromatic nitrogens is 2. The standard InChI is InChI=1S/C27H34ClFN6O2/c1-36-25-17-24-21(27(32-18-31-24)33-19-3-4-23(29)22(28)15-19)16-26(25)37-14-2-9-34-10-5-20(6-11-34)35-12-7-30-8-13-35/h3-4,15-18,20,30H,2,5-14H2,1H3,(H,31,32,33). The molecule has 0 saturated carbocycles. The summed E-state index contributed by atoms with van der Waals surface area (Å²) in [4.78, 5) is 14.0. The van der Waals surface area contributed by atoms with Crippen molar-refractivity contribution in [3.63, 3.8) is 0 Å². The highest BCUT2D eigenvalue weighted by Gasteiger charge is 2.25. The van der Waals surface area contributed by atoms with Crippen LogP contribution in [-0.4, -0.2) is 85.3 Å². The lowest BCUT2D eigenvalue weighted by Gasteiger charge is -2.40. The molecule has 0 spiro atoms. The molecule has 0 atom stereocenters. The molecule has 5 rings (SSSR count). The maximum Gasteiger partial charge on any atom is 0.162 e. The zero-order chi connectivity index (χ0) is 25.6. The van der Waals surface area contributed by atoms with E-state index in [0.29, 0.717) is 35.1 Å². The summed E-state index contributed by atoms with van der Waals surface area (Å²) in [5.74, 6) is 1.37. The van der Waals surface area contributed by atoms with E-state index in [0.717, 1.165) is 50.6 Å². The molecule has 0 amide bonds. The Morgan fingerprint density at radius 2 is 1.89 bits per heavy atom. The van der Waals surface area contributed by atoms with E-state index in [1.807, 2.05) is 12.1 Å².